The second-order valence-corrected chi connectivity index (χ2v) is 6.96. The van der Waals surface area contributed by atoms with Crippen LogP contribution in [0.1, 0.15) is 47.8 Å². The van der Waals surface area contributed by atoms with Gasteiger partial charge in [-0.15, -0.1) is 0 Å². The largest absolute Gasteiger partial charge is 0.272 e. The standard InChI is InChI=1S/C19H21ClN2O/c1-13-5-10-16(17(20)11-13)18(23)22-21-12-14-6-8-15(9-7-14)19(2,3)4/h5-12H,1-4H3,(H,22,23). The van der Waals surface area contributed by atoms with Crippen molar-refractivity contribution in [1.29, 1.82) is 0 Å². The number of nitrogens with zero attached hydrogens (tertiary/aromatic N) is 1. The Labute approximate surface area is 142 Å². The van der Waals surface area contributed by atoms with Crippen LogP contribution >= 0.6 is 11.6 Å². The number of nitrogens with one attached hydrogen (secondary N) is 1. The molecule has 0 atom stereocenters. The van der Waals surface area contributed by atoms with E-state index in [1.807, 2.05) is 25.1 Å². The number of hydrogen-bond acceptors (Lipinski definition) is 2. The second kappa shape index (κ2) is 6.97. The predicted molar refractivity (Wildman–Crippen MR) is 96.4 cm³/mol. The third-order valence-corrected chi connectivity index (χ3v) is 3.84. The number of amides is 1. The summed E-state index contributed by atoms with van der Waals surface area (Å²) in [6.45, 7) is 8.43. The minimum absolute atomic E-state index is 0.117. The number of aryl methyl sites for hydroxylation is 1. The molecule has 0 saturated carbocycles. The molecular formula is C19H21ClN2O. The number of halogens is 1. The number of hydrogen-bond donors (Lipinski definition) is 1. The summed E-state index contributed by atoms with van der Waals surface area (Å²) in [5.41, 5.74) is 6.22. The van der Waals surface area contributed by atoms with E-state index in [-0.39, 0.29) is 11.3 Å². The maximum atomic E-state index is 12.0. The molecule has 1 amide bonds. The zero-order valence-electron chi connectivity index (χ0n) is 13.9. The molecule has 120 valence electrons. The molecule has 0 spiro atoms. The fourth-order valence-electron chi connectivity index (χ4n) is 2.10. The monoisotopic (exact) mass is 328 g/mol. The molecule has 2 aromatic rings. The van der Waals surface area contributed by atoms with Crippen molar-refractivity contribution in [2.45, 2.75) is 33.1 Å². The van der Waals surface area contributed by atoms with Crippen LogP contribution in [0.15, 0.2) is 47.6 Å². The molecular weight excluding hydrogens is 308 g/mol. The van der Waals surface area contributed by atoms with Crippen LogP contribution in [0.25, 0.3) is 0 Å². The summed E-state index contributed by atoms with van der Waals surface area (Å²) in [5.74, 6) is -0.322. The fraction of sp³-hybridized carbons (Fsp3) is 0.263. The summed E-state index contributed by atoms with van der Waals surface area (Å²) in [4.78, 5) is 12.0. The molecule has 4 heteroatoms. The van der Waals surface area contributed by atoms with Crippen LogP contribution in [-0.2, 0) is 5.41 Å². The number of benzene rings is 2. The van der Waals surface area contributed by atoms with Crippen LogP contribution in [0.3, 0.4) is 0 Å². The topological polar surface area (TPSA) is 41.5 Å². The van der Waals surface area contributed by atoms with Crippen LogP contribution in [0, 0.1) is 6.92 Å². The van der Waals surface area contributed by atoms with E-state index in [1.165, 1.54) is 5.56 Å². The summed E-state index contributed by atoms with van der Waals surface area (Å²) < 4.78 is 0. The van der Waals surface area contributed by atoms with Gasteiger partial charge in [-0.05, 0) is 41.2 Å². The van der Waals surface area contributed by atoms with E-state index in [0.717, 1.165) is 11.1 Å². The van der Waals surface area contributed by atoms with Gasteiger partial charge in [-0.2, -0.15) is 5.10 Å². The van der Waals surface area contributed by atoms with Gasteiger partial charge in [0.15, 0.2) is 0 Å². The van der Waals surface area contributed by atoms with E-state index in [0.29, 0.717) is 10.6 Å². The molecule has 2 rings (SSSR count). The summed E-state index contributed by atoms with van der Waals surface area (Å²) in [5, 5.41) is 4.41. The predicted octanol–water partition coefficient (Wildman–Crippen LogP) is 4.71. The third-order valence-electron chi connectivity index (χ3n) is 3.53. The minimum atomic E-state index is -0.322. The van der Waals surface area contributed by atoms with E-state index >= 15 is 0 Å². The molecule has 0 aliphatic heterocycles. The Bertz CT molecular complexity index is 728. The van der Waals surface area contributed by atoms with Gasteiger partial charge in [-0.1, -0.05) is 62.7 Å². The Hall–Kier alpha value is -2.13. The highest BCUT2D eigenvalue weighted by Gasteiger charge is 2.12. The summed E-state index contributed by atoms with van der Waals surface area (Å²) in [6.07, 6.45) is 1.62. The van der Waals surface area contributed by atoms with Gasteiger partial charge in [0.2, 0.25) is 0 Å². The van der Waals surface area contributed by atoms with Crippen LogP contribution < -0.4 is 5.43 Å². The fourth-order valence-corrected chi connectivity index (χ4v) is 2.42. The molecule has 0 fully saturated rings. The first-order valence-electron chi connectivity index (χ1n) is 7.47. The minimum Gasteiger partial charge on any atom is -0.267 e. The summed E-state index contributed by atoms with van der Waals surface area (Å²) in [7, 11) is 0. The zero-order valence-corrected chi connectivity index (χ0v) is 14.6. The van der Waals surface area contributed by atoms with Gasteiger partial charge in [0, 0.05) is 0 Å². The van der Waals surface area contributed by atoms with Gasteiger partial charge in [0.05, 0.1) is 16.8 Å². The molecule has 0 unspecified atom stereocenters. The molecule has 1 N–H and O–H groups in total. The van der Waals surface area contributed by atoms with Gasteiger partial charge in [0.1, 0.15) is 0 Å². The highest BCUT2D eigenvalue weighted by Crippen LogP contribution is 2.21. The first kappa shape index (κ1) is 17.2. The van der Waals surface area contributed by atoms with Crippen molar-refractivity contribution < 1.29 is 4.79 Å². The lowest BCUT2D eigenvalue weighted by Gasteiger charge is -2.18. The maximum absolute atomic E-state index is 12.0. The van der Waals surface area contributed by atoms with Crippen molar-refractivity contribution in [2.24, 2.45) is 5.10 Å². The zero-order chi connectivity index (χ0) is 17.0. The van der Waals surface area contributed by atoms with Gasteiger partial charge < -0.3 is 0 Å². The van der Waals surface area contributed by atoms with Gasteiger partial charge in [0.25, 0.3) is 5.91 Å². The van der Waals surface area contributed by atoms with Crippen molar-refractivity contribution in [3.05, 3.63) is 69.7 Å². The van der Waals surface area contributed by atoms with Crippen molar-refractivity contribution >= 4 is 23.7 Å². The lowest BCUT2D eigenvalue weighted by Crippen LogP contribution is -2.18. The molecule has 0 saturated heterocycles. The van der Waals surface area contributed by atoms with Gasteiger partial charge >= 0.3 is 0 Å². The number of rotatable bonds is 3. The number of carbonyl (C=O) groups is 1. The average molecular weight is 329 g/mol. The molecule has 0 aliphatic rings. The van der Waals surface area contributed by atoms with Gasteiger partial charge in [-0.3, -0.25) is 4.79 Å². The lowest BCUT2D eigenvalue weighted by molar-refractivity contribution is 0.0955. The molecule has 2 aromatic carbocycles. The molecule has 0 bridgehead atoms. The molecule has 0 radical (unpaired) electrons. The van der Waals surface area contributed by atoms with Crippen molar-refractivity contribution in [2.75, 3.05) is 0 Å². The van der Waals surface area contributed by atoms with Crippen LogP contribution in [0.2, 0.25) is 5.02 Å². The molecule has 0 aromatic heterocycles. The lowest BCUT2D eigenvalue weighted by atomic mass is 9.87. The van der Waals surface area contributed by atoms with Crippen molar-refractivity contribution in [1.82, 2.24) is 5.43 Å². The van der Waals surface area contributed by atoms with Crippen LogP contribution in [0.5, 0.6) is 0 Å². The Morgan fingerprint density at radius 1 is 1.13 bits per heavy atom. The van der Waals surface area contributed by atoms with Crippen LogP contribution in [-0.4, -0.2) is 12.1 Å². The Morgan fingerprint density at radius 3 is 2.35 bits per heavy atom. The Balaban J connectivity index is 2.02. The number of hydrazone groups is 1. The molecule has 0 heterocycles. The molecule has 0 aliphatic carbocycles. The normalized spacial score (nSPS) is 11.7. The molecule has 3 nitrogen and oxygen atoms in total. The van der Waals surface area contributed by atoms with Crippen molar-refractivity contribution in [3.63, 3.8) is 0 Å². The van der Waals surface area contributed by atoms with E-state index in [4.69, 9.17) is 11.6 Å². The SMILES string of the molecule is Cc1ccc(C(=O)NN=Cc2ccc(C(C)(C)C)cc2)c(Cl)c1. The van der Waals surface area contributed by atoms with Crippen molar-refractivity contribution in [3.8, 4) is 0 Å². The van der Waals surface area contributed by atoms with E-state index in [9.17, 15) is 4.79 Å². The summed E-state index contributed by atoms with van der Waals surface area (Å²) in [6, 6.07) is 13.4. The summed E-state index contributed by atoms with van der Waals surface area (Å²) >= 11 is 6.07. The molecule has 23 heavy (non-hydrogen) atoms. The van der Waals surface area contributed by atoms with E-state index in [1.54, 1.807) is 18.3 Å². The average Bonchev–Trinajstić information content (AvgIpc) is 2.46. The first-order chi connectivity index (χ1) is 10.8. The van der Waals surface area contributed by atoms with Crippen LogP contribution in [0.4, 0.5) is 0 Å². The maximum Gasteiger partial charge on any atom is 0.272 e. The highest BCUT2D eigenvalue weighted by molar-refractivity contribution is 6.33. The first-order valence-corrected chi connectivity index (χ1v) is 7.85. The third kappa shape index (κ3) is 4.67. The van der Waals surface area contributed by atoms with E-state index < -0.39 is 0 Å². The number of carbonyl (C=O) groups excluding carboxylic acids is 1. The van der Waals surface area contributed by atoms with E-state index in [2.05, 4.69) is 43.4 Å². The Morgan fingerprint density at radius 2 is 1.78 bits per heavy atom. The highest BCUT2D eigenvalue weighted by atomic mass is 35.5. The van der Waals surface area contributed by atoms with Gasteiger partial charge in [-0.25, -0.2) is 5.43 Å². The quantitative estimate of drug-likeness (QED) is 0.643. The second-order valence-electron chi connectivity index (χ2n) is 6.55. The smallest absolute Gasteiger partial charge is 0.267 e. The Kier molecular flexibility index (Phi) is 5.22.